The minimum atomic E-state index is -0.404. The SMILES string of the molecule is O=Nc1ccc(C[C@H](NC(=O)Cc2cccc(Cl)c2)c2coc(-c3cccs3)n2)cc1. The molecule has 2 aromatic heterocycles. The molecule has 0 aliphatic heterocycles. The lowest BCUT2D eigenvalue weighted by Gasteiger charge is -2.17. The second-order valence-corrected chi connectivity index (χ2v) is 8.33. The van der Waals surface area contributed by atoms with Gasteiger partial charge in [0.15, 0.2) is 0 Å². The summed E-state index contributed by atoms with van der Waals surface area (Å²) in [5, 5.41) is 8.51. The Morgan fingerprint density at radius 1 is 1.13 bits per heavy atom. The molecule has 0 aliphatic rings. The van der Waals surface area contributed by atoms with E-state index in [2.05, 4.69) is 15.5 Å². The molecule has 8 heteroatoms. The molecule has 0 saturated carbocycles. The quantitative estimate of drug-likeness (QED) is 0.328. The van der Waals surface area contributed by atoms with Gasteiger partial charge in [-0.25, -0.2) is 4.98 Å². The Labute approximate surface area is 187 Å². The first kappa shape index (κ1) is 21.0. The first-order chi connectivity index (χ1) is 15.1. The highest BCUT2D eigenvalue weighted by molar-refractivity contribution is 7.13. The van der Waals surface area contributed by atoms with Crippen LogP contribution in [-0.2, 0) is 17.6 Å². The van der Waals surface area contributed by atoms with E-state index in [9.17, 15) is 9.70 Å². The molecule has 1 atom stereocenters. The number of hydrogen-bond donors (Lipinski definition) is 1. The Morgan fingerprint density at radius 3 is 2.68 bits per heavy atom. The number of carbonyl (C=O) groups is 1. The molecule has 0 unspecified atom stereocenters. The fourth-order valence-electron chi connectivity index (χ4n) is 3.20. The number of carbonyl (C=O) groups excluding carboxylic acids is 1. The molecular formula is C23H18ClN3O3S. The van der Waals surface area contributed by atoms with Crippen molar-refractivity contribution in [2.24, 2.45) is 5.18 Å². The smallest absolute Gasteiger partial charge is 0.236 e. The largest absolute Gasteiger partial charge is 0.443 e. The zero-order chi connectivity index (χ0) is 21.6. The predicted molar refractivity (Wildman–Crippen MR) is 121 cm³/mol. The third kappa shape index (κ3) is 5.45. The standard InChI is InChI=1S/C23H18ClN3O3S/c24-17-4-1-3-16(11-17)13-22(28)25-19(12-15-6-8-18(27-29)9-7-15)20-14-30-23(26-20)21-5-2-10-31-21/h1-11,14,19H,12-13H2,(H,25,28)/t19-/m0/s1. The zero-order valence-electron chi connectivity index (χ0n) is 16.3. The minimum Gasteiger partial charge on any atom is -0.443 e. The molecule has 2 heterocycles. The summed E-state index contributed by atoms with van der Waals surface area (Å²) in [6, 6.07) is 17.6. The molecule has 4 aromatic rings. The van der Waals surface area contributed by atoms with E-state index in [4.69, 9.17) is 16.0 Å². The number of thiophene rings is 1. The summed E-state index contributed by atoms with van der Waals surface area (Å²) in [4.78, 5) is 29.0. The number of nitroso groups, excluding NO2 is 1. The summed E-state index contributed by atoms with van der Waals surface area (Å²) < 4.78 is 5.65. The number of hydrogen-bond acceptors (Lipinski definition) is 6. The van der Waals surface area contributed by atoms with Crippen LogP contribution >= 0.6 is 22.9 Å². The number of nitrogens with one attached hydrogen (secondary N) is 1. The van der Waals surface area contributed by atoms with Crippen LogP contribution in [0.1, 0.15) is 22.9 Å². The third-order valence-electron chi connectivity index (χ3n) is 4.68. The summed E-state index contributed by atoms with van der Waals surface area (Å²) in [5.41, 5.74) is 2.73. The number of oxazole rings is 1. The lowest BCUT2D eigenvalue weighted by Crippen LogP contribution is -2.31. The average Bonchev–Trinajstić information content (AvgIpc) is 3.46. The van der Waals surface area contributed by atoms with Crippen LogP contribution in [0.5, 0.6) is 0 Å². The van der Waals surface area contributed by atoms with Crippen LogP contribution in [0, 0.1) is 4.91 Å². The van der Waals surface area contributed by atoms with Crippen LogP contribution in [0.2, 0.25) is 5.02 Å². The van der Waals surface area contributed by atoms with E-state index < -0.39 is 6.04 Å². The molecule has 0 aliphatic carbocycles. The van der Waals surface area contributed by atoms with Gasteiger partial charge in [-0.05, 0) is 58.4 Å². The number of aromatic nitrogens is 1. The molecule has 0 radical (unpaired) electrons. The predicted octanol–water partition coefficient (Wildman–Crippen LogP) is 6.10. The number of rotatable bonds is 8. The van der Waals surface area contributed by atoms with Gasteiger partial charge in [0, 0.05) is 5.02 Å². The van der Waals surface area contributed by atoms with Gasteiger partial charge in [-0.3, -0.25) is 4.79 Å². The van der Waals surface area contributed by atoms with Gasteiger partial charge < -0.3 is 9.73 Å². The Kier molecular flexibility index (Phi) is 6.54. The van der Waals surface area contributed by atoms with Crippen molar-refractivity contribution in [2.45, 2.75) is 18.9 Å². The fraction of sp³-hybridized carbons (Fsp3) is 0.130. The lowest BCUT2D eigenvalue weighted by atomic mass is 10.0. The van der Waals surface area contributed by atoms with Gasteiger partial charge >= 0.3 is 0 Å². The fourth-order valence-corrected chi connectivity index (χ4v) is 4.06. The van der Waals surface area contributed by atoms with Gasteiger partial charge in [0.2, 0.25) is 11.8 Å². The van der Waals surface area contributed by atoms with E-state index in [0.717, 1.165) is 16.0 Å². The van der Waals surface area contributed by atoms with Crippen molar-refractivity contribution < 1.29 is 9.21 Å². The summed E-state index contributed by atoms with van der Waals surface area (Å²) in [6.07, 6.45) is 2.25. The Morgan fingerprint density at radius 2 is 1.97 bits per heavy atom. The van der Waals surface area contributed by atoms with Crippen molar-refractivity contribution >= 4 is 34.5 Å². The molecule has 1 N–H and O–H groups in total. The molecule has 0 spiro atoms. The maximum atomic E-state index is 12.8. The van der Waals surface area contributed by atoms with Gasteiger partial charge in [0.1, 0.15) is 17.6 Å². The monoisotopic (exact) mass is 451 g/mol. The normalized spacial score (nSPS) is 11.8. The van der Waals surface area contributed by atoms with Crippen molar-refractivity contribution in [1.29, 1.82) is 0 Å². The summed E-state index contributed by atoms with van der Waals surface area (Å²) in [7, 11) is 0. The van der Waals surface area contributed by atoms with Crippen LogP contribution in [-0.4, -0.2) is 10.9 Å². The van der Waals surface area contributed by atoms with E-state index in [0.29, 0.717) is 28.7 Å². The van der Waals surface area contributed by atoms with Crippen molar-refractivity contribution in [1.82, 2.24) is 10.3 Å². The number of benzene rings is 2. The maximum Gasteiger partial charge on any atom is 0.236 e. The topological polar surface area (TPSA) is 84.6 Å². The van der Waals surface area contributed by atoms with Gasteiger partial charge in [0.25, 0.3) is 0 Å². The minimum absolute atomic E-state index is 0.154. The van der Waals surface area contributed by atoms with Crippen molar-refractivity contribution in [3.8, 4) is 10.8 Å². The van der Waals surface area contributed by atoms with Gasteiger partial charge in [0.05, 0.1) is 17.3 Å². The Hall–Kier alpha value is -3.29. The van der Waals surface area contributed by atoms with Crippen LogP contribution in [0.25, 0.3) is 10.8 Å². The number of amides is 1. The van der Waals surface area contributed by atoms with Crippen molar-refractivity contribution in [3.05, 3.63) is 99.1 Å². The summed E-state index contributed by atoms with van der Waals surface area (Å²) in [6.45, 7) is 0. The lowest BCUT2D eigenvalue weighted by molar-refractivity contribution is -0.121. The van der Waals surface area contributed by atoms with Crippen LogP contribution in [0.15, 0.2) is 81.9 Å². The number of nitrogens with zero attached hydrogens (tertiary/aromatic N) is 2. The molecule has 0 saturated heterocycles. The number of halogens is 1. The molecule has 1 amide bonds. The summed E-state index contributed by atoms with van der Waals surface area (Å²) in [5.74, 6) is 0.360. The van der Waals surface area contributed by atoms with E-state index >= 15 is 0 Å². The molecule has 31 heavy (non-hydrogen) atoms. The molecule has 156 valence electrons. The first-order valence-electron chi connectivity index (χ1n) is 9.56. The second kappa shape index (κ2) is 9.68. The summed E-state index contributed by atoms with van der Waals surface area (Å²) >= 11 is 7.56. The second-order valence-electron chi connectivity index (χ2n) is 6.94. The van der Waals surface area contributed by atoms with Crippen LogP contribution in [0.3, 0.4) is 0 Å². The molecule has 0 fully saturated rings. The maximum absolute atomic E-state index is 12.8. The van der Waals surface area contributed by atoms with E-state index in [-0.39, 0.29) is 12.3 Å². The zero-order valence-corrected chi connectivity index (χ0v) is 17.9. The van der Waals surface area contributed by atoms with E-state index in [1.54, 1.807) is 30.5 Å². The molecule has 0 bridgehead atoms. The Bertz CT molecular complexity index is 1170. The molecule has 2 aromatic carbocycles. The van der Waals surface area contributed by atoms with E-state index in [1.807, 2.05) is 41.8 Å². The molecule has 4 rings (SSSR count). The molecular weight excluding hydrogens is 434 g/mol. The highest BCUT2D eigenvalue weighted by Crippen LogP contribution is 2.27. The van der Waals surface area contributed by atoms with Crippen LogP contribution in [0.4, 0.5) is 5.69 Å². The molecule has 6 nitrogen and oxygen atoms in total. The third-order valence-corrected chi connectivity index (χ3v) is 5.77. The first-order valence-corrected chi connectivity index (χ1v) is 10.8. The van der Waals surface area contributed by atoms with Crippen molar-refractivity contribution in [3.63, 3.8) is 0 Å². The van der Waals surface area contributed by atoms with Gasteiger partial charge in [-0.2, -0.15) is 0 Å². The Balaban J connectivity index is 1.55. The van der Waals surface area contributed by atoms with E-state index in [1.165, 1.54) is 11.3 Å². The van der Waals surface area contributed by atoms with Gasteiger partial charge in [-0.15, -0.1) is 16.2 Å². The van der Waals surface area contributed by atoms with Crippen LogP contribution < -0.4 is 5.32 Å². The highest BCUT2D eigenvalue weighted by atomic mass is 35.5. The average molecular weight is 452 g/mol. The van der Waals surface area contributed by atoms with Crippen molar-refractivity contribution in [2.75, 3.05) is 0 Å². The highest BCUT2D eigenvalue weighted by Gasteiger charge is 2.20. The van der Waals surface area contributed by atoms with Gasteiger partial charge in [-0.1, -0.05) is 41.9 Å².